The van der Waals surface area contributed by atoms with E-state index in [1.165, 1.54) is 18.2 Å². The third-order valence-electron chi connectivity index (χ3n) is 4.83. The molecule has 0 aliphatic carbocycles. The third-order valence-corrected chi connectivity index (χ3v) is 4.83. The molecule has 7 nitrogen and oxygen atoms in total. The van der Waals surface area contributed by atoms with E-state index >= 15 is 0 Å². The number of rotatable bonds is 2. The highest BCUT2D eigenvalue weighted by molar-refractivity contribution is 5.93. The van der Waals surface area contributed by atoms with Crippen LogP contribution in [0.5, 0.6) is 11.5 Å². The first kappa shape index (κ1) is 15.6. The van der Waals surface area contributed by atoms with E-state index in [0.717, 1.165) is 11.1 Å². The monoisotopic (exact) mass is 362 g/mol. The van der Waals surface area contributed by atoms with Gasteiger partial charge in [0.2, 0.25) is 6.79 Å². The highest BCUT2D eigenvalue weighted by Crippen LogP contribution is 2.34. The Morgan fingerprint density at radius 3 is 2.85 bits per heavy atom. The second-order valence-electron chi connectivity index (χ2n) is 6.46. The Labute approximate surface area is 153 Å². The molecule has 1 aromatic heterocycles. The Morgan fingerprint density at radius 2 is 2.00 bits per heavy atom. The van der Waals surface area contributed by atoms with Crippen molar-refractivity contribution in [2.75, 3.05) is 6.79 Å². The van der Waals surface area contributed by atoms with Crippen molar-refractivity contribution in [3.63, 3.8) is 0 Å². The van der Waals surface area contributed by atoms with Gasteiger partial charge in [0.25, 0.3) is 5.56 Å². The van der Waals surface area contributed by atoms with Crippen LogP contribution in [0.25, 0.3) is 22.6 Å². The summed E-state index contributed by atoms with van der Waals surface area (Å²) >= 11 is 0. The molecule has 27 heavy (non-hydrogen) atoms. The van der Waals surface area contributed by atoms with Crippen molar-refractivity contribution in [3.05, 3.63) is 63.7 Å². The van der Waals surface area contributed by atoms with E-state index in [-0.39, 0.29) is 17.9 Å². The Hall–Kier alpha value is -3.61. The largest absolute Gasteiger partial charge is 0.478 e. The summed E-state index contributed by atoms with van der Waals surface area (Å²) in [5, 5.41) is 9.61. The number of nitrogens with zero attached hydrogens (tertiary/aromatic N) is 2. The summed E-state index contributed by atoms with van der Waals surface area (Å²) in [6.07, 6.45) is 2.65. The molecular formula is C20H14N2O5. The summed E-state index contributed by atoms with van der Waals surface area (Å²) in [7, 11) is 0. The Kier molecular flexibility index (Phi) is 3.30. The smallest absolute Gasteiger partial charge is 0.335 e. The van der Waals surface area contributed by atoms with Crippen molar-refractivity contribution in [1.82, 2.24) is 9.55 Å². The van der Waals surface area contributed by atoms with Gasteiger partial charge in [0.15, 0.2) is 11.5 Å². The van der Waals surface area contributed by atoms with Crippen LogP contribution in [0.3, 0.4) is 0 Å². The van der Waals surface area contributed by atoms with E-state index in [4.69, 9.17) is 9.47 Å². The fourth-order valence-corrected chi connectivity index (χ4v) is 3.49. The molecule has 0 radical (unpaired) electrons. The highest BCUT2D eigenvalue weighted by Gasteiger charge is 2.22. The molecule has 0 amide bonds. The normalized spacial score (nSPS) is 16.1. The molecule has 3 heterocycles. The number of aromatic nitrogens is 2. The first-order chi connectivity index (χ1) is 13.1. The van der Waals surface area contributed by atoms with Gasteiger partial charge < -0.3 is 14.6 Å². The molecule has 0 spiro atoms. The summed E-state index contributed by atoms with van der Waals surface area (Å²) in [4.78, 5) is 28.6. The lowest BCUT2D eigenvalue weighted by Crippen LogP contribution is -2.20. The molecular weight excluding hydrogens is 348 g/mol. The summed E-state index contributed by atoms with van der Waals surface area (Å²) in [5.74, 6) is 0.936. The van der Waals surface area contributed by atoms with Gasteiger partial charge in [0, 0.05) is 6.54 Å². The summed E-state index contributed by atoms with van der Waals surface area (Å²) in [6.45, 7) is 0.765. The first-order valence-corrected chi connectivity index (χ1v) is 8.49. The summed E-state index contributed by atoms with van der Waals surface area (Å²) < 4.78 is 12.4. The maximum absolute atomic E-state index is 12.8. The predicted molar refractivity (Wildman–Crippen MR) is 98.0 cm³/mol. The fourth-order valence-electron chi connectivity index (χ4n) is 3.49. The first-order valence-electron chi connectivity index (χ1n) is 8.49. The maximum Gasteiger partial charge on any atom is 0.335 e. The number of carboxylic acids is 1. The van der Waals surface area contributed by atoms with Gasteiger partial charge in [0.05, 0.1) is 16.5 Å². The van der Waals surface area contributed by atoms with Crippen molar-refractivity contribution in [2.24, 2.45) is 0 Å². The van der Waals surface area contributed by atoms with Gasteiger partial charge in [-0.15, -0.1) is 0 Å². The number of hydrogen-bond acceptors (Lipinski definition) is 5. The van der Waals surface area contributed by atoms with E-state index in [9.17, 15) is 14.7 Å². The zero-order valence-corrected chi connectivity index (χ0v) is 14.1. The molecule has 2 aromatic carbocycles. The number of aromatic carboxylic acids is 1. The van der Waals surface area contributed by atoms with Crippen LogP contribution in [-0.2, 0) is 6.54 Å². The van der Waals surface area contributed by atoms with Crippen molar-refractivity contribution in [3.8, 4) is 11.5 Å². The van der Waals surface area contributed by atoms with Gasteiger partial charge in [0.1, 0.15) is 5.82 Å². The molecule has 0 atom stereocenters. The fraction of sp³-hybridized carbons (Fsp3) is 0.150. The minimum Gasteiger partial charge on any atom is -0.478 e. The topological polar surface area (TPSA) is 90.7 Å². The van der Waals surface area contributed by atoms with Gasteiger partial charge in [-0.2, -0.15) is 0 Å². The van der Waals surface area contributed by atoms with Crippen molar-refractivity contribution in [2.45, 2.75) is 13.0 Å². The van der Waals surface area contributed by atoms with Gasteiger partial charge in [-0.05, 0) is 54.0 Å². The average molecular weight is 362 g/mol. The molecule has 5 rings (SSSR count). The number of hydrogen-bond donors (Lipinski definition) is 1. The van der Waals surface area contributed by atoms with Crippen molar-refractivity contribution in [1.29, 1.82) is 0 Å². The van der Waals surface area contributed by atoms with Crippen molar-refractivity contribution >= 4 is 28.5 Å². The highest BCUT2D eigenvalue weighted by atomic mass is 16.7. The molecule has 7 heteroatoms. The van der Waals surface area contributed by atoms with E-state index in [1.54, 1.807) is 4.57 Å². The van der Waals surface area contributed by atoms with Gasteiger partial charge in [-0.3, -0.25) is 9.36 Å². The van der Waals surface area contributed by atoms with Crippen LogP contribution in [0.1, 0.15) is 28.2 Å². The molecule has 0 saturated carbocycles. The SMILES string of the molecule is O=C(O)c1ccc2c(=O)n3c(nc2c1)C(=Cc1ccc2c(c1)OCO2)CC3. The third kappa shape index (κ3) is 2.47. The lowest BCUT2D eigenvalue weighted by atomic mass is 10.1. The molecule has 0 bridgehead atoms. The molecule has 3 aromatic rings. The van der Waals surface area contributed by atoms with Crippen LogP contribution in [0, 0.1) is 0 Å². The second kappa shape index (κ2) is 5.70. The van der Waals surface area contributed by atoms with Crippen LogP contribution in [0.2, 0.25) is 0 Å². The van der Waals surface area contributed by atoms with E-state index in [0.29, 0.717) is 41.2 Å². The van der Waals surface area contributed by atoms with Crippen LogP contribution in [0.15, 0.2) is 41.2 Å². The van der Waals surface area contributed by atoms with E-state index in [1.807, 2.05) is 24.3 Å². The quantitative estimate of drug-likeness (QED) is 0.754. The Morgan fingerprint density at radius 1 is 1.15 bits per heavy atom. The average Bonchev–Trinajstić information content (AvgIpc) is 3.28. The lowest BCUT2D eigenvalue weighted by molar-refractivity contribution is 0.0697. The Balaban J connectivity index is 1.64. The number of allylic oxidation sites excluding steroid dienone is 1. The standard InChI is InChI=1S/C20H14N2O5/c23-19-14-3-2-13(20(24)25)9-15(14)21-18-12(5-6-22(18)19)7-11-1-4-16-17(8-11)27-10-26-16/h1-4,7-9H,5-6,10H2,(H,24,25). The number of benzene rings is 2. The van der Waals surface area contributed by atoms with Crippen LogP contribution >= 0.6 is 0 Å². The maximum atomic E-state index is 12.8. The van der Waals surface area contributed by atoms with E-state index < -0.39 is 5.97 Å². The predicted octanol–water partition coefficient (Wildman–Crippen LogP) is 2.77. The molecule has 2 aliphatic heterocycles. The second-order valence-corrected chi connectivity index (χ2v) is 6.46. The minimum atomic E-state index is -1.05. The molecule has 2 aliphatic rings. The lowest BCUT2D eigenvalue weighted by Gasteiger charge is -2.06. The van der Waals surface area contributed by atoms with Crippen LogP contribution in [0.4, 0.5) is 0 Å². The van der Waals surface area contributed by atoms with Crippen LogP contribution < -0.4 is 15.0 Å². The van der Waals surface area contributed by atoms with Crippen molar-refractivity contribution < 1.29 is 19.4 Å². The summed E-state index contributed by atoms with van der Waals surface area (Å²) in [6, 6.07) is 10.1. The van der Waals surface area contributed by atoms with Gasteiger partial charge in [-0.25, -0.2) is 9.78 Å². The minimum absolute atomic E-state index is 0.110. The number of carboxylic acid groups (broad SMARTS) is 1. The molecule has 134 valence electrons. The zero-order valence-electron chi connectivity index (χ0n) is 14.1. The Bertz CT molecular complexity index is 1210. The molecule has 0 unspecified atom stereocenters. The van der Waals surface area contributed by atoms with Gasteiger partial charge in [-0.1, -0.05) is 6.07 Å². The summed E-state index contributed by atoms with van der Waals surface area (Å²) in [5.41, 5.74) is 2.20. The van der Waals surface area contributed by atoms with E-state index in [2.05, 4.69) is 4.98 Å². The zero-order chi connectivity index (χ0) is 18.5. The number of ether oxygens (including phenoxy) is 2. The molecule has 1 N–H and O–H groups in total. The molecule has 0 fully saturated rings. The number of carbonyl (C=O) groups is 1. The number of fused-ring (bicyclic) bond motifs is 3. The van der Waals surface area contributed by atoms with Crippen LogP contribution in [-0.4, -0.2) is 27.4 Å². The molecule has 0 saturated heterocycles. The van der Waals surface area contributed by atoms with Gasteiger partial charge >= 0.3 is 5.97 Å².